The van der Waals surface area contributed by atoms with Crippen LogP contribution in [0.5, 0.6) is 0 Å². The highest BCUT2D eigenvalue weighted by atomic mass is 16.8. The van der Waals surface area contributed by atoms with Crippen molar-refractivity contribution in [3.8, 4) is 0 Å². The second kappa shape index (κ2) is 4.42. The molecule has 0 spiro atoms. The average Bonchev–Trinajstić information content (AvgIpc) is 2.04. The van der Waals surface area contributed by atoms with E-state index in [1.165, 1.54) is 0 Å². The van der Waals surface area contributed by atoms with Crippen molar-refractivity contribution in [1.82, 2.24) is 0 Å². The summed E-state index contributed by atoms with van der Waals surface area (Å²) < 4.78 is 15.1. The number of esters is 1. The van der Waals surface area contributed by atoms with Gasteiger partial charge in [-0.2, -0.15) is 0 Å². The minimum absolute atomic E-state index is 0.105. The number of hydrogen-bond donors (Lipinski definition) is 0. The standard InChI is InChI=1S/C8H14O4/c1-3-7(9)12-8-4-6(2)10-5-11-8/h6,8H,3-5H2,1-2H3. The van der Waals surface area contributed by atoms with Gasteiger partial charge in [-0.25, -0.2) is 0 Å². The third kappa shape index (κ3) is 2.79. The molecule has 1 aliphatic rings. The Morgan fingerprint density at radius 3 is 2.92 bits per heavy atom. The SMILES string of the molecule is CCC(=O)OC1CC(C)OCO1. The van der Waals surface area contributed by atoms with Crippen LogP contribution in [0.3, 0.4) is 0 Å². The van der Waals surface area contributed by atoms with Gasteiger partial charge >= 0.3 is 5.97 Å². The van der Waals surface area contributed by atoms with Gasteiger partial charge < -0.3 is 14.2 Å². The maximum Gasteiger partial charge on any atom is 0.307 e. The van der Waals surface area contributed by atoms with E-state index in [4.69, 9.17) is 14.2 Å². The maximum atomic E-state index is 10.8. The predicted octanol–water partition coefficient (Wildman–Crippen LogP) is 1.05. The Labute approximate surface area is 71.8 Å². The van der Waals surface area contributed by atoms with Crippen molar-refractivity contribution in [2.24, 2.45) is 0 Å². The first-order valence-electron chi connectivity index (χ1n) is 4.15. The van der Waals surface area contributed by atoms with E-state index in [9.17, 15) is 4.79 Å². The summed E-state index contributed by atoms with van der Waals surface area (Å²) in [6, 6.07) is 0. The van der Waals surface area contributed by atoms with E-state index in [2.05, 4.69) is 0 Å². The number of carbonyl (C=O) groups excluding carboxylic acids is 1. The van der Waals surface area contributed by atoms with Gasteiger partial charge in [0.15, 0.2) is 6.79 Å². The Kier molecular flexibility index (Phi) is 3.49. The van der Waals surface area contributed by atoms with Crippen molar-refractivity contribution in [1.29, 1.82) is 0 Å². The summed E-state index contributed by atoms with van der Waals surface area (Å²) in [7, 11) is 0. The molecule has 4 nitrogen and oxygen atoms in total. The van der Waals surface area contributed by atoms with Crippen molar-refractivity contribution in [3.05, 3.63) is 0 Å². The second-order valence-corrected chi connectivity index (χ2v) is 2.77. The zero-order valence-electron chi connectivity index (χ0n) is 7.41. The second-order valence-electron chi connectivity index (χ2n) is 2.77. The monoisotopic (exact) mass is 174 g/mol. The third-order valence-corrected chi connectivity index (χ3v) is 1.68. The summed E-state index contributed by atoms with van der Waals surface area (Å²) >= 11 is 0. The fourth-order valence-corrected chi connectivity index (χ4v) is 0.951. The first kappa shape index (κ1) is 9.48. The van der Waals surface area contributed by atoms with Crippen LogP contribution in [0.15, 0.2) is 0 Å². The molecule has 1 heterocycles. The minimum Gasteiger partial charge on any atom is -0.436 e. The fraction of sp³-hybridized carbons (Fsp3) is 0.875. The Morgan fingerprint density at radius 2 is 2.33 bits per heavy atom. The lowest BCUT2D eigenvalue weighted by Gasteiger charge is -2.26. The maximum absolute atomic E-state index is 10.8. The van der Waals surface area contributed by atoms with Crippen LogP contribution < -0.4 is 0 Å². The molecule has 2 atom stereocenters. The van der Waals surface area contributed by atoms with Gasteiger partial charge in [-0.3, -0.25) is 4.79 Å². The number of ether oxygens (including phenoxy) is 3. The topological polar surface area (TPSA) is 44.8 Å². The highest BCUT2D eigenvalue weighted by Crippen LogP contribution is 2.14. The van der Waals surface area contributed by atoms with Gasteiger partial charge in [-0.1, -0.05) is 6.92 Å². The van der Waals surface area contributed by atoms with Gasteiger partial charge in [0.2, 0.25) is 6.29 Å². The molecule has 70 valence electrons. The van der Waals surface area contributed by atoms with E-state index in [-0.39, 0.29) is 18.9 Å². The largest absolute Gasteiger partial charge is 0.436 e. The van der Waals surface area contributed by atoms with Crippen molar-refractivity contribution >= 4 is 5.97 Å². The molecular weight excluding hydrogens is 160 g/mol. The van der Waals surface area contributed by atoms with Crippen molar-refractivity contribution in [2.45, 2.75) is 39.1 Å². The smallest absolute Gasteiger partial charge is 0.307 e. The van der Waals surface area contributed by atoms with E-state index < -0.39 is 6.29 Å². The molecule has 1 aliphatic heterocycles. The summed E-state index contributed by atoms with van der Waals surface area (Å²) in [6.07, 6.45) is 0.690. The molecule has 2 unspecified atom stereocenters. The average molecular weight is 174 g/mol. The summed E-state index contributed by atoms with van der Waals surface area (Å²) in [6.45, 7) is 3.89. The Morgan fingerprint density at radius 1 is 1.58 bits per heavy atom. The molecule has 1 saturated heterocycles. The van der Waals surface area contributed by atoms with Crippen LogP contribution in [0.25, 0.3) is 0 Å². The van der Waals surface area contributed by atoms with E-state index in [0.29, 0.717) is 12.8 Å². The highest BCUT2D eigenvalue weighted by Gasteiger charge is 2.22. The first-order valence-corrected chi connectivity index (χ1v) is 4.15. The Bertz CT molecular complexity index is 157. The lowest BCUT2D eigenvalue weighted by Crippen LogP contribution is -2.32. The highest BCUT2D eigenvalue weighted by molar-refractivity contribution is 5.68. The van der Waals surface area contributed by atoms with Crippen molar-refractivity contribution in [3.63, 3.8) is 0 Å². The molecule has 0 amide bonds. The molecule has 0 radical (unpaired) electrons. The molecular formula is C8H14O4. The lowest BCUT2D eigenvalue weighted by molar-refractivity contribution is -0.248. The molecule has 1 fully saturated rings. The summed E-state index contributed by atoms with van der Waals surface area (Å²) in [4.78, 5) is 10.8. The van der Waals surface area contributed by atoms with Gasteiger partial charge in [-0.15, -0.1) is 0 Å². The molecule has 0 N–H and O–H groups in total. The number of carbonyl (C=O) groups is 1. The molecule has 0 aliphatic carbocycles. The quantitative estimate of drug-likeness (QED) is 0.587. The molecule has 0 saturated carbocycles. The summed E-state index contributed by atoms with van der Waals surface area (Å²) in [5.74, 6) is -0.228. The van der Waals surface area contributed by atoms with Crippen LogP contribution in [-0.2, 0) is 19.0 Å². The number of hydrogen-bond acceptors (Lipinski definition) is 4. The van der Waals surface area contributed by atoms with E-state index >= 15 is 0 Å². The first-order chi connectivity index (χ1) is 5.72. The molecule has 12 heavy (non-hydrogen) atoms. The van der Waals surface area contributed by atoms with Crippen LogP contribution in [0.4, 0.5) is 0 Å². The van der Waals surface area contributed by atoms with Gasteiger partial charge in [0.25, 0.3) is 0 Å². The zero-order valence-corrected chi connectivity index (χ0v) is 7.41. The van der Waals surface area contributed by atoms with Crippen LogP contribution in [0, 0.1) is 0 Å². The zero-order chi connectivity index (χ0) is 8.97. The summed E-state index contributed by atoms with van der Waals surface area (Å²) in [5, 5.41) is 0. The van der Waals surface area contributed by atoms with Gasteiger partial charge in [0, 0.05) is 12.8 Å². The van der Waals surface area contributed by atoms with E-state index in [1.807, 2.05) is 6.92 Å². The van der Waals surface area contributed by atoms with Crippen molar-refractivity contribution in [2.75, 3.05) is 6.79 Å². The molecule has 0 aromatic carbocycles. The lowest BCUT2D eigenvalue weighted by atomic mass is 10.2. The van der Waals surface area contributed by atoms with Crippen LogP contribution in [0.1, 0.15) is 26.7 Å². The molecule has 0 aromatic rings. The van der Waals surface area contributed by atoms with E-state index in [1.54, 1.807) is 6.92 Å². The predicted molar refractivity (Wildman–Crippen MR) is 41.3 cm³/mol. The summed E-state index contributed by atoms with van der Waals surface area (Å²) in [5.41, 5.74) is 0. The Hall–Kier alpha value is -0.610. The van der Waals surface area contributed by atoms with Crippen molar-refractivity contribution < 1.29 is 19.0 Å². The molecule has 4 heteroatoms. The fourth-order valence-electron chi connectivity index (χ4n) is 0.951. The van der Waals surface area contributed by atoms with Crippen LogP contribution in [-0.4, -0.2) is 25.2 Å². The van der Waals surface area contributed by atoms with Gasteiger partial charge in [0.1, 0.15) is 0 Å². The van der Waals surface area contributed by atoms with Crippen LogP contribution in [0.2, 0.25) is 0 Å². The Balaban J connectivity index is 2.27. The molecule has 0 aromatic heterocycles. The minimum atomic E-state index is -0.416. The van der Waals surface area contributed by atoms with E-state index in [0.717, 1.165) is 0 Å². The third-order valence-electron chi connectivity index (χ3n) is 1.68. The normalized spacial score (nSPS) is 29.8. The van der Waals surface area contributed by atoms with Gasteiger partial charge in [-0.05, 0) is 6.92 Å². The molecule has 1 rings (SSSR count). The van der Waals surface area contributed by atoms with Crippen LogP contribution >= 0.6 is 0 Å². The molecule has 0 bridgehead atoms. The van der Waals surface area contributed by atoms with Gasteiger partial charge in [0.05, 0.1) is 6.10 Å². The number of rotatable bonds is 2.